The van der Waals surface area contributed by atoms with Gasteiger partial charge in [-0.1, -0.05) is 13.8 Å². The van der Waals surface area contributed by atoms with Crippen LogP contribution in [0.5, 0.6) is 0 Å². The van der Waals surface area contributed by atoms with Gasteiger partial charge in [0.2, 0.25) is 0 Å². The van der Waals surface area contributed by atoms with Crippen LogP contribution in [0.4, 0.5) is 0 Å². The zero-order valence-electron chi connectivity index (χ0n) is 14.7. The molecule has 0 spiro atoms. The van der Waals surface area contributed by atoms with Gasteiger partial charge in [0.25, 0.3) is 0 Å². The van der Waals surface area contributed by atoms with Gasteiger partial charge in [-0.05, 0) is 59.7 Å². The van der Waals surface area contributed by atoms with E-state index in [4.69, 9.17) is 0 Å². The lowest BCUT2D eigenvalue weighted by atomic mass is 9.91. The first kappa shape index (κ1) is 18.4. The Morgan fingerprint density at radius 1 is 1.29 bits per heavy atom. The van der Waals surface area contributed by atoms with Crippen LogP contribution >= 0.6 is 0 Å². The molecule has 1 N–H and O–H groups in total. The van der Waals surface area contributed by atoms with E-state index in [-0.39, 0.29) is 11.1 Å². The third kappa shape index (κ3) is 5.25. The Morgan fingerprint density at radius 3 is 2.52 bits per heavy atom. The summed E-state index contributed by atoms with van der Waals surface area (Å²) in [7, 11) is 2.21. The molecule has 0 aromatic carbocycles. The van der Waals surface area contributed by atoms with E-state index in [0.29, 0.717) is 0 Å². The Morgan fingerprint density at radius 2 is 2.00 bits per heavy atom. The third-order valence-corrected chi connectivity index (χ3v) is 5.00. The van der Waals surface area contributed by atoms with Crippen molar-refractivity contribution in [3.05, 3.63) is 0 Å². The molecule has 1 heterocycles. The Labute approximate surface area is 131 Å². The van der Waals surface area contributed by atoms with Gasteiger partial charge < -0.3 is 4.90 Å². The fourth-order valence-electron chi connectivity index (χ4n) is 3.07. The zero-order valence-corrected chi connectivity index (χ0v) is 14.7. The van der Waals surface area contributed by atoms with Gasteiger partial charge in [-0.3, -0.25) is 10.2 Å². The summed E-state index contributed by atoms with van der Waals surface area (Å²) in [6, 6.07) is 2.52. The lowest BCUT2D eigenvalue weighted by Gasteiger charge is -2.45. The summed E-state index contributed by atoms with van der Waals surface area (Å²) in [5, 5.41) is 13.0. The van der Waals surface area contributed by atoms with Gasteiger partial charge in [0.15, 0.2) is 0 Å². The summed E-state index contributed by atoms with van der Waals surface area (Å²) >= 11 is 0. The van der Waals surface area contributed by atoms with E-state index in [2.05, 4.69) is 55.9 Å². The van der Waals surface area contributed by atoms with Gasteiger partial charge in [0.05, 0.1) is 6.07 Å². The molecule has 0 aromatic heterocycles. The van der Waals surface area contributed by atoms with Crippen LogP contribution in [0, 0.1) is 11.3 Å². The van der Waals surface area contributed by atoms with E-state index in [1.54, 1.807) is 0 Å². The van der Waals surface area contributed by atoms with Crippen molar-refractivity contribution in [3.8, 4) is 6.07 Å². The topological polar surface area (TPSA) is 42.3 Å². The van der Waals surface area contributed by atoms with Crippen LogP contribution < -0.4 is 5.32 Å². The number of nitrogens with zero attached hydrogens (tertiary/aromatic N) is 3. The number of likely N-dealkylation sites (N-methyl/N-ethyl adjacent to an activating group) is 1. The molecule has 0 amide bonds. The molecule has 21 heavy (non-hydrogen) atoms. The normalized spacial score (nSPS) is 22.7. The molecule has 1 atom stereocenters. The van der Waals surface area contributed by atoms with Gasteiger partial charge >= 0.3 is 0 Å². The van der Waals surface area contributed by atoms with Gasteiger partial charge in [-0.25, -0.2) is 0 Å². The first-order chi connectivity index (χ1) is 9.89. The second kappa shape index (κ2) is 8.12. The van der Waals surface area contributed by atoms with E-state index in [1.165, 1.54) is 0 Å². The maximum atomic E-state index is 9.53. The molecule has 0 radical (unpaired) electrons. The molecule has 4 heteroatoms. The number of piperazine rings is 1. The second-order valence-electron chi connectivity index (χ2n) is 7.09. The van der Waals surface area contributed by atoms with E-state index in [1.807, 2.05) is 0 Å². The summed E-state index contributed by atoms with van der Waals surface area (Å²) in [4.78, 5) is 5.00. The molecular weight excluding hydrogens is 260 g/mol. The van der Waals surface area contributed by atoms with Gasteiger partial charge in [-0.2, -0.15) is 5.26 Å². The predicted octanol–water partition coefficient (Wildman–Crippen LogP) is 2.46. The summed E-state index contributed by atoms with van der Waals surface area (Å²) < 4.78 is 0. The fourth-order valence-corrected chi connectivity index (χ4v) is 3.07. The minimum Gasteiger partial charge on any atom is -0.300 e. The predicted molar refractivity (Wildman–Crippen MR) is 89.3 cm³/mol. The zero-order chi connectivity index (χ0) is 15.9. The van der Waals surface area contributed by atoms with E-state index in [0.717, 1.165) is 58.4 Å². The molecule has 122 valence electrons. The standard InChI is InChI=1S/C17H34N4/c1-6-10-19-17(7-2,14-18)9-8-11-21-13-12-20(5)16(3,4)15-21/h19H,6-13,15H2,1-5H3. The van der Waals surface area contributed by atoms with Crippen LogP contribution in [-0.4, -0.2) is 60.6 Å². The van der Waals surface area contributed by atoms with E-state index >= 15 is 0 Å². The quantitative estimate of drug-likeness (QED) is 0.747. The van der Waals surface area contributed by atoms with Crippen LogP contribution in [0.3, 0.4) is 0 Å². The Balaban J connectivity index is 2.43. The molecule has 4 nitrogen and oxygen atoms in total. The molecule has 0 bridgehead atoms. The average molecular weight is 294 g/mol. The van der Waals surface area contributed by atoms with Crippen LogP contribution in [0.1, 0.15) is 53.4 Å². The SMILES string of the molecule is CCCNC(C#N)(CC)CCCN1CCN(C)C(C)(C)C1. The molecule has 1 rings (SSSR count). The van der Waals surface area contributed by atoms with Crippen molar-refractivity contribution in [2.24, 2.45) is 0 Å². The molecular formula is C17H34N4. The van der Waals surface area contributed by atoms with Crippen LogP contribution in [-0.2, 0) is 0 Å². The van der Waals surface area contributed by atoms with E-state index < -0.39 is 0 Å². The maximum absolute atomic E-state index is 9.53. The Kier molecular flexibility index (Phi) is 7.12. The largest absolute Gasteiger partial charge is 0.300 e. The molecule has 1 aliphatic rings. The van der Waals surface area contributed by atoms with Crippen molar-refractivity contribution in [2.75, 3.05) is 39.8 Å². The summed E-state index contributed by atoms with van der Waals surface area (Å²) in [5.74, 6) is 0. The summed E-state index contributed by atoms with van der Waals surface area (Å²) in [5.41, 5.74) is -0.0616. The monoisotopic (exact) mass is 294 g/mol. The first-order valence-electron chi connectivity index (χ1n) is 8.49. The second-order valence-corrected chi connectivity index (χ2v) is 7.09. The highest BCUT2D eigenvalue weighted by atomic mass is 15.3. The molecule has 0 saturated carbocycles. The van der Waals surface area contributed by atoms with Crippen molar-refractivity contribution in [2.45, 2.75) is 64.5 Å². The van der Waals surface area contributed by atoms with Gasteiger partial charge in [0.1, 0.15) is 5.54 Å². The summed E-state index contributed by atoms with van der Waals surface area (Å²) in [6.07, 6.45) is 4.01. The molecule has 1 aliphatic heterocycles. The highest BCUT2D eigenvalue weighted by Gasteiger charge is 2.31. The highest BCUT2D eigenvalue weighted by molar-refractivity contribution is 5.06. The van der Waals surface area contributed by atoms with Crippen LogP contribution in [0.25, 0.3) is 0 Å². The number of hydrogen-bond donors (Lipinski definition) is 1. The Bertz CT molecular complexity index is 347. The maximum Gasteiger partial charge on any atom is 0.106 e. The van der Waals surface area contributed by atoms with Crippen LogP contribution in [0.15, 0.2) is 0 Å². The minimum absolute atomic E-state index is 0.260. The molecule has 1 unspecified atom stereocenters. The lowest BCUT2D eigenvalue weighted by Crippen LogP contribution is -2.57. The lowest BCUT2D eigenvalue weighted by molar-refractivity contribution is 0.0385. The minimum atomic E-state index is -0.321. The van der Waals surface area contributed by atoms with Gasteiger partial charge in [0, 0.05) is 25.2 Å². The third-order valence-electron chi connectivity index (χ3n) is 5.00. The number of hydrogen-bond acceptors (Lipinski definition) is 4. The van der Waals surface area contributed by atoms with Crippen LogP contribution in [0.2, 0.25) is 0 Å². The van der Waals surface area contributed by atoms with Crippen molar-refractivity contribution in [3.63, 3.8) is 0 Å². The number of nitriles is 1. The van der Waals surface area contributed by atoms with Crippen molar-refractivity contribution < 1.29 is 0 Å². The molecule has 0 aromatic rings. The van der Waals surface area contributed by atoms with Crippen molar-refractivity contribution in [1.82, 2.24) is 15.1 Å². The average Bonchev–Trinajstić information content (AvgIpc) is 2.46. The molecule has 1 saturated heterocycles. The van der Waals surface area contributed by atoms with Crippen molar-refractivity contribution >= 4 is 0 Å². The van der Waals surface area contributed by atoms with Crippen molar-refractivity contribution in [1.29, 1.82) is 5.26 Å². The highest BCUT2D eigenvalue weighted by Crippen LogP contribution is 2.21. The molecule has 1 fully saturated rings. The number of nitrogens with one attached hydrogen (secondary N) is 1. The molecule has 0 aliphatic carbocycles. The smallest absolute Gasteiger partial charge is 0.106 e. The fraction of sp³-hybridized carbons (Fsp3) is 0.941. The van der Waals surface area contributed by atoms with E-state index in [9.17, 15) is 5.26 Å². The van der Waals surface area contributed by atoms with Gasteiger partial charge in [-0.15, -0.1) is 0 Å². The number of rotatable bonds is 8. The first-order valence-corrected chi connectivity index (χ1v) is 8.49. The Hall–Kier alpha value is -0.630. The summed E-state index contributed by atoms with van der Waals surface area (Å²) in [6.45, 7) is 14.3.